The van der Waals surface area contributed by atoms with Crippen molar-refractivity contribution < 1.29 is 18.6 Å². The van der Waals surface area contributed by atoms with Crippen LogP contribution in [0.3, 0.4) is 0 Å². The van der Waals surface area contributed by atoms with Crippen LogP contribution in [0.4, 0.5) is 5.69 Å². The fourth-order valence-corrected chi connectivity index (χ4v) is 3.99. The van der Waals surface area contributed by atoms with E-state index in [1.54, 1.807) is 12.5 Å². The van der Waals surface area contributed by atoms with Crippen molar-refractivity contribution in [3.63, 3.8) is 0 Å². The van der Waals surface area contributed by atoms with Gasteiger partial charge in [0.1, 0.15) is 12.4 Å². The van der Waals surface area contributed by atoms with Gasteiger partial charge in [-0.05, 0) is 23.8 Å². The van der Waals surface area contributed by atoms with Crippen LogP contribution >= 0.6 is 0 Å². The molecule has 0 unspecified atom stereocenters. The maximum atomic E-state index is 6.04. The summed E-state index contributed by atoms with van der Waals surface area (Å²) in [4.78, 5) is 4.69. The number of fused-ring (bicyclic) bond motifs is 5. The Kier molecular flexibility index (Phi) is 2.33. The van der Waals surface area contributed by atoms with Crippen molar-refractivity contribution in [3.05, 3.63) is 60.1 Å². The molecule has 5 heteroatoms. The van der Waals surface area contributed by atoms with Crippen LogP contribution in [0.15, 0.2) is 58.3 Å². The molecule has 0 saturated carbocycles. The van der Waals surface area contributed by atoms with Crippen LogP contribution in [0, 0.1) is 0 Å². The molecule has 0 amide bonds. The summed E-state index contributed by atoms with van der Waals surface area (Å²) in [5.74, 6) is 2.31. The number of rotatable bonds is 1. The molecule has 0 aliphatic carbocycles. The van der Waals surface area contributed by atoms with Gasteiger partial charge in [-0.15, -0.1) is 0 Å². The van der Waals surface area contributed by atoms with Crippen LogP contribution in [0.2, 0.25) is 0 Å². The summed E-state index contributed by atoms with van der Waals surface area (Å²) in [6.45, 7) is 0.757. The van der Waals surface area contributed by atoms with Crippen molar-refractivity contribution >= 4 is 11.9 Å². The maximum absolute atomic E-state index is 6.04. The van der Waals surface area contributed by atoms with Crippen LogP contribution in [0.1, 0.15) is 11.1 Å². The zero-order valence-corrected chi connectivity index (χ0v) is 13.2. The molecule has 3 aromatic rings. The Morgan fingerprint density at radius 1 is 0.960 bits per heavy atom. The Hall–Kier alpha value is -3.21. The molecule has 0 radical (unpaired) electrons. The number of hydrogen-bond acceptors (Lipinski definition) is 5. The smallest absolute Gasteiger partial charge is 0.231 e. The first-order valence-electron chi connectivity index (χ1n) is 8.13. The van der Waals surface area contributed by atoms with E-state index in [-0.39, 0.29) is 6.79 Å². The largest absolute Gasteiger partial charge is 0.491 e. The van der Waals surface area contributed by atoms with Gasteiger partial charge >= 0.3 is 0 Å². The third kappa shape index (κ3) is 1.60. The minimum Gasteiger partial charge on any atom is -0.491 e. The van der Waals surface area contributed by atoms with E-state index in [0.717, 1.165) is 45.2 Å². The molecule has 1 spiro atoms. The minimum atomic E-state index is -0.417. The average Bonchev–Trinajstić information content (AvgIpc) is 3.42. The molecule has 5 nitrogen and oxygen atoms in total. The molecule has 3 aliphatic rings. The van der Waals surface area contributed by atoms with E-state index in [1.165, 1.54) is 0 Å². The van der Waals surface area contributed by atoms with E-state index in [4.69, 9.17) is 18.6 Å². The van der Waals surface area contributed by atoms with Crippen molar-refractivity contribution in [1.82, 2.24) is 0 Å². The average molecular weight is 331 g/mol. The number of ether oxygens (including phenoxy) is 3. The second-order valence-corrected chi connectivity index (χ2v) is 6.43. The van der Waals surface area contributed by atoms with Crippen molar-refractivity contribution in [2.75, 3.05) is 13.4 Å². The monoisotopic (exact) mass is 331 g/mol. The first kappa shape index (κ1) is 13.1. The zero-order valence-electron chi connectivity index (χ0n) is 13.2. The second kappa shape index (κ2) is 4.45. The summed E-state index contributed by atoms with van der Waals surface area (Å²) >= 11 is 0. The number of aliphatic imine (C=N–C) groups is 1. The maximum Gasteiger partial charge on any atom is 0.231 e. The summed E-state index contributed by atoms with van der Waals surface area (Å²) in [5, 5.41) is 0. The molecule has 0 saturated heterocycles. The molecule has 3 aliphatic heterocycles. The topological polar surface area (TPSA) is 53.2 Å². The molecule has 2 aromatic carbocycles. The van der Waals surface area contributed by atoms with E-state index in [9.17, 15) is 0 Å². The highest BCUT2D eigenvalue weighted by Crippen LogP contribution is 2.54. The van der Waals surface area contributed by atoms with Gasteiger partial charge < -0.3 is 18.6 Å². The third-order valence-corrected chi connectivity index (χ3v) is 5.16. The van der Waals surface area contributed by atoms with Crippen LogP contribution < -0.4 is 14.2 Å². The first-order valence-corrected chi connectivity index (χ1v) is 8.13. The predicted octanol–water partition coefficient (Wildman–Crippen LogP) is 4.07. The highest BCUT2D eigenvalue weighted by molar-refractivity contribution is 5.96. The van der Waals surface area contributed by atoms with Gasteiger partial charge in [0.15, 0.2) is 11.5 Å². The van der Waals surface area contributed by atoms with E-state index in [0.29, 0.717) is 6.61 Å². The van der Waals surface area contributed by atoms with Crippen molar-refractivity contribution in [3.8, 4) is 28.4 Å². The number of benzene rings is 2. The Morgan fingerprint density at radius 3 is 2.76 bits per heavy atom. The number of furan rings is 1. The molecule has 4 heterocycles. The second-order valence-electron chi connectivity index (χ2n) is 6.43. The molecular weight excluding hydrogens is 318 g/mol. The lowest BCUT2D eigenvalue weighted by Gasteiger charge is -2.23. The normalized spacial score (nSPS) is 21.4. The van der Waals surface area contributed by atoms with Gasteiger partial charge in [-0.1, -0.05) is 12.1 Å². The molecule has 1 aromatic heterocycles. The van der Waals surface area contributed by atoms with Gasteiger partial charge in [-0.3, -0.25) is 4.99 Å². The summed E-state index contributed by atoms with van der Waals surface area (Å²) in [5.41, 5.74) is 4.91. The molecule has 25 heavy (non-hydrogen) atoms. The fourth-order valence-electron chi connectivity index (χ4n) is 3.99. The lowest BCUT2D eigenvalue weighted by atomic mass is 9.75. The van der Waals surface area contributed by atoms with Gasteiger partial charge in [0.25, 0.3) is 0 Å². The molecule has 0 bridgehead atoms. The van der Waals surface area contributed by atoms with Crippen molar-refractivity contribution in [2.45, 2.75) is 5.41 Å². The number of hydrogen-bond donors (Lipinski definition) is 0. The van der Waals surface area contributed by atoms with Crippen molar-refractivity contribution in [1.29, 1.82) is 0 Å². The van der Waals surface area contributed by atoms with Crippen LogP contribution in [0.5, 0.6) is 17.2 Å². The van der Waals surface area contributed by atoms with Gasteiger partial charge in [0, 0.05) is 29.0 Å². The Bertz CT molecular complexity index is 1040. The molecule has 1 atom stereocenters. The Morgan fingerprint density at radius 2 is 1.88 bits per heavy atom. The Balaban J connectivity index is 1.62. The van der Waals surface area contributed by atoms with Crippen LogP contribution in [0.25, 0.3) is 11.1 Å². The first-order chi connectivity index (χ1) is 12.4. The van der Waals surface area contributed by atoms with E-state index in [2.05, 4.69) is 11.1 Å². The number of nitrogens with zero attached hydrogens (tertiary/aromatic N) is 1. The van der Waals surface area contributed by atoms with E-state index in [1.807, 2.05) is 36.5 Å². The van der Waals surface area contributed by atoms with E-state index >= 15 is 0 Å². The highest BCUT2D eigenvalue weighted by Gasteiger charge is 2.47. The lowest BCUT2D eigenvalue weighted by Crippen LogP contribution is -2.29. The predicted molar refractivity (Wildman–Crippen MR) is 91.1 cm³/mol. The quantitative estimate of drug-likeness (QED) is 0.674. The molecule has 122 valence electrons. The zero-order chi connectivity index (χ0) is 16.4. The van der Waals surface area contributed by atoms with Gasteiger partial charge in [-0.2, -0.15) is 0 Å². The minimum absolute atomic E-state index is 0.246. The molecule has 0 fully saturated rings. The van der Waals surface area contributed by atoms with E-state index < -0.39 is 5.41 Å². The fraction of sp³-hybridized carbons (Fsp3) is 0.150. The lowest BCUT2D eigenvalue weighted by molar-refractivity contribution is 0.173. The molecule has 6 rings (SSSR count). The Labute approximate surface area is 143 Å². The summed E-state index contributed by atoms with van der Waals surface area (Å²) in [6.07, 6.45) is 5.45. The summed E-state index contributed by atoms with van der Waals surface area (Å²) in [6, 6.07) is 12.1. The SMILES string of the molecule is C1=Nc2cccc(-c3ccoc3)c2[C@]12COc1cc3c(cc12)OCO3. The molecular formula is C20H13NO4. The molecule has 0 N–H and O–H groups in total. The van der Waals surface area contributed by atoms with Crippen LogP contribution in [-0.4, -0.2) is 19.6 Å². The highest BCUT2D eigenvalue weighted by atomic mass is 16.7. The standard InChI is InChI=1S/C20H13NO4/c1-2-13(12-4-5-22-8-12)19-15(3-1)21-9-20(19)10-23-16-7-18-17(6-14(16)20)24-11-25-18/h1-9H,10-11H2/t20-/m0/s1. The van der Waals surface area contributed by atoms with Gasteiger partial charge in [0.05, 0.1) is 23.6 Å². The van der Waals surface area contributed by atoms with Gasteiger partial charge in [-0.25, -0.2) is 0 Å². The van der Waals surface area contributed by atoms with Crippen molar-refractivity contribution in [2.24, 2.45) is 4.99 Å². The third-order valence-electron chi connectivity index (χ3n) is 5.16. The van der Waals surface area contributed by atoms with Crippen LogP contribution in [-0.2, 0) is 5.41 Å². The summed E-state index contributed by atoms with van der Waals surface area (Å²) < 4.78 is 22.4. The van der Waals surface area contributed by atoms with Gasteiger partial charge in [0.2, 0.25) is 6.79 Å². The summed E-state index contributed by atoms with van der Waals surface area (Å²) in [7, 11) is 0.